The van der Waals surface area contributed by atoms with Crippen molar-refractivity contribution in [2.75, 3.05) is 11.9 Å². The number of carbonyl (C=O) groups excluding carboxylic acids is 3. The molecule has 1 fully saturated rings. The van der Waals surface area contributed by atoms with Gasteiger partial charge in [-0.05, 0) is 103 Å². The van der Waals surface area contributed by atoms with E-state index in [9.17, 15) is 18.8 Å². The molecule has 3 aromatic carbocycles. The molecule has 6 nitrogen and oxygen atoms in total. The van der Waals surface area contributed by atoms with E-state index in [0.717, 1.165) is 28.3 Å². The number of amides is 3. The van der Waals surface area contributed by atoms with Crippen LogP contribution in [0.25, 0.3) is 6.08 Å². The fourth-order valence-corrected chi connectivity index (χ4v) is 5.65. The van der Waals surface area contributed by atoms with Crippen LogP contribution < -0.4 is 10.1 Å². The zero-order valence-corrected chi connectivity index (χ0v) is 23.0. The molecule has 0 unspecified atom stereocenters. The Kier molecular flexibility index (Phi) is 8.50. The molecular formula is C25H16Br2ClFN2O4S. The standard InChI is InChI=1S/C25H16Br2ClFN2O4S/c26-19-8-15(9-20(27)23(19)35-13-14-4-6-16(28)7-5-14)10-21-24(33)31(25(34)36-21)12-22(32)30-18-3-1-2-17(29)11-18/h1-11H,12-13H2,(H,30,32)/b21-10+. The van der Waals surface area contributed by atoms with E-state index in [2.05, 4.69) is 37.2 Å². The first kappa shape index (κ1) is 26.4. The highest BCUT2D eigenvalue weighted by Gasteiger charge is 2.36. The zero-order valence-electron chi connectivity index (χ0n) is 18.3. The van der Waals surface area contributed by atoms with Crippen LogP contribution in [0.3, 0.4) is 0 Å². The summed E-state index contributed by atoms with van der Waals surface area (Å²) in [6.07, 6.45) is 1.56. The van der Waals surface area contributed by atoms with Gasteiger partial charge < -0.3 is 10.1 Å². The van der Waals surface area contributed by atoms with Gasteiger partial charge in [-0.3, -0.25) is 19.3 Å². The lowest BCUT2D eigenvalue weighted by Gasteiger charge is -2.13. The summed E-state index contributed by atoms with van der Waals surface area (Å²) in [4.78, 5) is 38.5. The van der Waals surface area contributed by atoms with Crippen molar-refractivity contribution in [2.24, 2.45) is 0 Å². The summed E-state index contributed by atoms with van der Waals surface area (Å²) < 4.78 is 20.5. The molecule has 0 atom stereocenters. The van der Waals surface area contributed by atoms with Crippen LogP contribution in [0.5, 0.6) is 5.75 Å². The first-order chi connectivity index (χ1) is 17.2. The number of benzene rings is 3. The molecule has 1 saturated heterocycles. The minimum atomic E-state index is -0.614. The molecule has 11 heteroatoms. The van der Waals surface area contributed by atoms with Gasteiger partial charge in [0.15, 0.2) is 0 Å². The van der Waals surface area contributed by atoms with E-state index in [1.165, 1.54) is 18.2 Å². The Morgan fingerprint density at radius 3 is 2.44 bits per heavy atom. The van der Waals surface area contributed by atoms with E-state index in [0.29, 0.717) is 31.9 Å². The Morgan fingerprint density at radius 2 is 1.78 bits per heavy atom. The average Bonchev–Trinajstić information content (AvgIpc) is 3.07. The molecule has 1 N–H and O–H groups in total. The van der Waals surface area contributed by atoms with Gasteiger partial charge in [-0.2, -0.15) is 0 Å². The summed E-state index contributed by atoms with van der Waals surface area (Å²) in [5, 5.41) is 2.55. The van der Waals surface area contributed by atoms with E-state index in [1.807, 2.05) is 12.1 Å². The van der Waals surface area contributed by atoms with Crippen molar-refractivity contribution >= 4 is 84.0 Å². The van der Waals surface area contributed by atoms with Gasteiger partial charge in [0.25, 0.3) is 11.1 Å². The van der Waals surface area contributed by atoms with E-state index in [4.69, 9.17) is 16.3 Å². The smallest absolute Gasteiger partial charge is 0.294 e. The number of thioether (sulfide) groups is 1. The second-order valence-corrected chi connectivity index (χ2v) is 10.7. The number of imide groups is 1. The van der Waals surface area contributed by atoms with Crippen LogP contribution in [0.1, 0.15) is 11.1 Å². The molecule has 1 aliphatic heterocycles. The second kappa shape index (κ2) is 11.6. The molecule has 3 aromatic rings. The van der Waals surface area contributed by atoms with Gasteiger partial charge in [0, 0.05) is 10.7 Å². The largest absolute Gasteiger partial charge is 0.487 e. The number of carbonyl (C=O) groups is 3. The first-order valence-corrected chi connectivity index (χ1v) is 13.1. The van der Waals surface area contributed by atoms with Crippen LogP contribution in [0.15, 0.2) is 74.5 Å². The first-order valence-electron chi connectivity index (χ1n) is 10.4. The van der Waals surface area contributed by atoms with Gasteiger partial charge in [0.1, 0.15) is 24.7 Å². The predicted molar refractivity (Wildman–Crippen MR) is 145 cm³/mol. The van der Waals surface area contributed by atoms with Gasteiger partial charge in [0.2, 0.25) is 5.91 Å². The third-order valence-electron chi connectivity index (χ3n) is 4.90. The Balaban J connectivity index is 1.43. The fraction of sp³-hybridized carbons (Fsp3) is 0.0800. The molecule has 184 valence electrons. The number of nitrogens with one attached hydrogen (secondary N) is 1. The molecule has 0 saturated carbocycles. The molecule has 0 bridgehead atoms. The van der Waals surface area contributed by atoms with Crippen LogP contribution >= 0.6 is 55.2 Å². The van der Waals surface area contributed by atoms with Crippen LogP contribution in [0.4, 0.5) is 14.9 Å². The molecule has 1 heterocycles. The number of anilines is 1. The van der Waals surface area contributed by atoms with Crippen molar-refractivity contribution in [1.29, 1.82) is 0 Å². The van der Waals surface area contributed by atoms with Crippen molar-refractivity contribution in [1.82, 2.24) is 4.90 Å². The fourth-order valence-electron chi connectivity index (χ4n) is 3.23. The van der Waals surface area contributed by atoms with Crippen molar-refractivity contribution in [3.05, 3.63) is 96.5 Å². The lowest BCUT2D eigenvalue weighted by Crippen LogP contribution is -2.36. The molecule has 0 spiro atoms. The summed E-state index contributed by atoms with van der Waals surface area (Å²) in [5.74, 6) is -1.14. The number of hydrogen-bond acceptors (Lipinski definition) is 5. The lowest BCUT2D eigenvalue weighted by atomic mass is 10.2. The number of ether oxygens (including phenoxy) is 1. The van der Waals surface area contributed by atoms with E-state index in [-0.39, 0.29) is 10.6 Å². The molecule has 0 aliphatic carbocycles. The topological polar surface area (TPSA) is 75.7 Å². The number of nitrogens with zero attached hydrogens (tertiary/aromatic N) is 1. The van der Waals surface area contributed by atoms with Gasteiger partial charge in [-0.15, -0.1) is 0 Å². The third-order valence-corrected chi connectivity index (χ3v) is 7.24. The second-order valence-electron chi connectivity index (χ2n) is 7.56. The summed E-state index contributed by atoms with van der Waals surface area (Å²) in [7, 11) is 0. The predicted octanol–water partition coefficient (Wildman–Crippen LogP) is 7.26. The quantitative estimate of drug-likeness (QED) is 0.272. The molecule has 36 heavy (non-hydrogen) atoms. The Labute approximate surface area is 232 Å². The maximum Gasteiger partial charge on any atom is 0.294 e. The van der Waals surface area contributed by atoms with Crippen LogP contribution in [-0.4, -0.2) is 28.5 Å². The van der Waals surface area contributed by atoms with Crippen molar-refractivity contribution in [3.63, 3.8) is 0 Å². The molecule has 1 aliphatic rings. The minimum Gasteiger partial charge on any atom is -0.487 e. The summed E-state index contributed by atoms with van der Waals surface area (Å²) in [6, 6.07) is 16.2. The van der Waals surface area contributed by atoms with E-state index >= 15 is 0 Å². The summed E-state index contributed by atoms with van der Waals surface area (Å²) in [5.41, 5.74) is 1.82. The summed E-state index contributed by atoms with van der Waals surface area (Å²) in [6.45, 7) is -0.159. The number of rotatable bonds is 7. The van der Waals surface area contributed by atoms with Crippen LogP contribution in [-0.2, 0) is 16.2 Å². The molecule has 3 amide bonds. The van der Waals surface area contributed by atoms with Crippen molar-refractivity contribution in [2.45, 2.75) is 6.61 Å². The van der Waals surface area contributed by atoms with E-state index in [1.54, 1.807) is 30.3 Å². The SMILES string of the molecule is O=C(CN1C(=O)S/C(=C/c2cc(Br)c(OCc3ccc(Cl)cc3)c(Br)c2)C1=O)Nc1cccc(F)c1. The van der Waals surface area contributed by atoms with Gasteiger partial charge >= 0.3 is 0 Å². The van der Waals surface area contributed by atoms with Crippen molar-refractivity contribution < 1.29 is 23.5 Å². The van der Waals surface area contributed by atoms with Gasteiger partial charge in [0.05, 0.1) is 13.9 Å². The minimum absolute atomic E-state index is 0.173. The number of hydrogen-bond donors (Lipinski definition) is 1. The van der Waals surface area contributed by atoms with Gasteiger partial charge in [-0.1, -0.05) is 29.8 Å². The van der Waals surface area contributed by atoms with E-state index < -0.39 is 29.4 Å². The number of halogens is 4. The highest BCUT2D eigenvalue weighted by Crippen LogP contribution is 2.38. The monoisotopic (exact) mass is 652 g/mol. The highest BCUT2D eigenvalue weighted by atomic mass is 79.9. The Hall–Kier alpha value is -2.66. The normalized spacial score (nSPS) is 14.4. The molecule has 0 aromatic heterocycles. The van der Waals surface area contributed by atoms with Crippen LogP contribution in [0.2, 0.25) is 5.02 Å². The molecule has 0 radical (unpaired) electrons. The van der Waals surface area contributed by atoms with Crippen LogP contribution in [0, 0.1) is 5.82 Å². The van der Waals surface area contributed by atoms with Gasteiger partial charge in [-0.25, -0.2) is 4.39 Å². The highest BCUT2D eigenvalue weighted by molar-refractivity contribution is 9.11. The molecular weight excluding hydrogens is 639 g/mol. The Morgan fingerprint density at radius 1 is 1.08 bits per heavy atom. The summed E-state index contributed by atoms with van der Waals surface area (Å²) >= 11 is 13.6. The average molecular weight is 655 g/mol. The van der Waals surface area contributed by atoms with Crippen molar-refractivity contribution in [3.8, 4) is 5.75 Å². The Bertz CT molecular complexity index is 1360. The zero-order chi connectivity index (χ0) is 25.8. The lowest BCUT2D eigenvalue weighted by molar-refractivity contribution is -0.127. The maximum absolute atomic E-state index is 13.3. The molecule has 4 rings (SSSR count). The third kappa shape index (κ3) is 6.56. The maximum atomic E-state index is 13.3.